The van der Waals surface area contributed by atoms with Crippen molar-refractivity contribution in [3.05, 3.63) is 46.9 Å². The van der Waals surface area contributed by atoms with Crippen LogP contribution in [0.4, 0.5) is 5.69 Å². The van der Waals surface area contributed by atoms with Gasteiger partial charge in [-0.2, -0.15) is 0 Å². The highest BCUT2D eigenvalue weighted by molar-refractivity contribution is 6.32. The van der Waals surface area contributed by atoms with Crippen LogP contribution < -0.4 is 10.1 Å². The van der Waals surface area contributed by atoms with Crippen LogP contribution >= 0.6 is 11.6 Å². The van der Waals surface area contributed by atoms with Gasteiger partial charge in [0.2, 0.25) is 5.76 Å². The van der Waals surface area contributed by atoms with Crippen LogP contribution in [-0.2, 0) is 11.3 Å². The van der Waals surface area contributed by atoms with Crippen LogP contribution in [-0.4, -0.2) is 20.2 Å². The van der Waals surface area contributed by atoms with Crippen molar-refractivity contribution in [3.8, 4) is 5.75 Å². The Morgan fingerprint density at radius 2 is 2.15 bits per heavy atom. The number of methoxy groups -OCH3 is 2. The highest BCUT2D eigenvalue weighted by Gasteiger charge is 2.15. The Kier molecular flexibility index (Phi) is 4.53. The molecular weight excluding hydrogens is 282 g/mol. The molecule has 0 spiro atoms. The maximum Gasteiger partial charge on any atom is 0.374 e. The van der Waals surface area contributed by atoms with Crippen molar-refractivity contribution in [1.29, 1.82) is 0 Å². The first-order chi connectivity index (χ1) is 9.65. The Hall–Kier alpha value is -2.14. The summed E-state index contributed by atoms with van der Waals surface area (Å²) >= 11 is 6.04. The van der Waals surface area contributed by atoms with E-state index < -0.39 is 5.97 Å². The fourth-order valence-corrected chi connectivity index (χ4v) is 1.98. The molecule has 0 unspecified atom stereocenters. The SMILES string of the molecule is COC(=O)c1occc1CNc1ccc(OC)c(Cl)c1. The van der Waals surface area contributed by atoms with E-state index in [0.29, 0.717) is 22.9 Å². The van der Waals surface area contributed by atoms with Crippen LogP contribution in [0.5, 0.6) is 5.75 Å². The van der Waals surface area contributed by atoms with Crippen molar-refractivity contribution in [2.45, 2.75) is 6.54 Å². The molecule has 0 atom stereocenters. The van der Waals surface area contributed by atoms with Gasteiger partial charge in [-0.05, 0) is 24.3 Å². The first kappa shape index (κ1) is 14.3. The van der Waals surface area contributed by atoms with Gasteiger partial charge in [-0.3, -0.25) is 0 Å². The van der Waals surface area contributed by atoms with Crippen molar-refractivity contribution in [3.63, 3.8) is 0 Å². The number of rotatable bonds is 5. The predicted octanol–water partition coefficient (Wildman–Crippen LogP) is 3.34. The van der Waals surface area contributed by atoms with Gasteiger partial charge >= 0.3 is 5.97 Å². The van der Waals surface area contributed by atoms with E-state index in [2.05, 4.69) is 10.1 Å². The summed E-state index contributed by atoms with van der Waals surface area (Å²) in [4.78, 5) is 11.5. The lowest BCUT2D eigenvalue weighted by atomic mass is 10.2. The highest BCUT2D eigenvalue weighted by atomic mass is 35.5. The van der Waals surface area contributed by atoms with Crippen LogP contribution in [0.1, 0.15) is 16.1 Å². The molecule has 0 radical (unpaired) electrons. The first-order valence-electron chi connectivity index (χ1n) is 5.87. The van der Waals surface area contributed by atoms with Crippen molar-refractivity contribution in [2.75, 3.05) is 19.5 Å². The van der Waals surface area contributed by atoms with Gasteiger partial charge in [-0.25, -0.2) is 4.79 Å². The van der Waals surface area contributed by atoms with Crippen molar-refractivity contribution >= 4 is 23.3 Å². The van der Waals surface area contributed by atoms with Gasteiger partial charge in [-0.1, -0.05) is 11.6 Å². The van der Waals surface area contributed by atoms with Crippen molar-refractivity contribution in [2.24, 2.45) is 0 Å². The van der Waals surface area contributed by atoms with Crippen LogP contribution in [0.3, 0.4) is 0 Å². The fraction of sp³-hybridized carbons (Fsp3) is 0.214. The number of benzene rings is 1. The summed E-state index contributed by atoms with van der Waals surface area (Å²) in [5.41, 5.74) is 1.52. The Labute approximate surface area is 121 Å². The molecule has 20 heavy (non-hydrogen) atoms. The van der Waals surface area contributed by atoms with Crippen molar-refractivity contribution in [1.82, 2.24) is 0 Å². The van der Waals surface area contributed by atoms with Crippen LogP contribution in [0, 0.1) is 0 Å². The van der Waals surface area contributed by atoms with E-state index >= 15 is 0 Å². The summed E-state index contributed by atoms with van der Waals surface area (Å²) in [6.45, 7) is 0.420. The number of furan rings is 1. The number of anilines is 1. The van der Waals surface area contributed by atoms with Crippen LogP contribution in [0.15, 0.2) is 34.9 Å². The molecule has 0 bridgehead atoms. The predicted molar refractivity (Wildman–Crippen MR) is 75.4 cm³/mol. The zero-order chi connectivity index (χ0) is 14.5. The van der Waals surface area contributed by atoms with Crippen LogP contribution in [0.25, 0.3) is 0 Å². The molecule has 6 heteroatoms. The second-order valence-electron chi connectivity index (χ2n) is 3.97. The minimum Gasteiger partial charge on any atom is -0.495 e. The Balaban J connectivity index is 2.07. The van der Waals surface area contributed by atoms with E-state index in [1.165, 1.54) is 13.4 Å². The number of hydrogen-bond donors (Lipinski definition) is 1. The maximum atomic E-state index is 11.5. The molecule has 2 aromatic rings. The molecule has 0 aliphatic rings. The van der Waals surface area contributed by atoms with Crippen molar-refractivity contribution < 1.29 is 18.7 Å². The number of halogens is 1. The fourth-order valence-electron chi connectivity index (χ4n) is 1.72. The maximum absolute atomic E-state index is 11.5. The molecule has 0 amide bonds. The number of hydrogen-bond acceptors (Lipinski definition) is 5. The first-order valence-corrected chi connectivity index (χ1v) is 6.25. The lowest BCUT2D eigenvalue weighted by molar-refractivity contribution is 0.0563. The zero-order valence-corrected chi connectivity index (χ0v) is 11.9. The summed E-state index contributed by atoms with van der Waals surface area (Å²) in [7, 11) is 2.87. The minimum absolute atomic E-state index is 0.194. The topological polar surface area (TPSA) is 60.7 Å². The highest BCUT2D eigenvalue weighted by Crippen LogP contribution is 2.27. The number of carbonyl (C=O) groups is 1. The lowest BCUT2D eigenvalue weighted by Crippen LogP contribution is -2.06. The summed E-state index contributed by atoms with van der Waals surface area (Å²) in [5, 5.41) is 3.66. The summed E-state index contributed by atoms with van der Waals surface area (Å²) in [5.74, 6) is 0.301. The molecule has 1 heterocycles. The number of carbonyl (C=O) groups excluding carboxylic acids is 1. The van der Waals surface area contributed by atoms with Crippen LogP contribution in [0.2, 0.25) is 5.02 Å². The van der Waals surface area contributed by atoms with Gasteiger partial charge in [0.05, 0.1) is 25.5 Å². The molecular formula is C14H14ClNO4. The average Bonchev–Trinajstić information content (AvgIpc) is 2.93. The number of nitrogens with one attached hydrogen (secondary N) is 1. The standard InChI is InChI=1S/C14H14ClNO4/c1-18-12-4-3-10(7-11(12)15)16-8-9-5-6-20-13(9)14(17)19-2/h3-7,16H,8H2,1-2H3. The lowest BCUT2D eigenvalue weighted by Gasteiger charge is -2.08. The summed E-state index contributed by atoms with van der Waals surface area (Å²) < 4.78 is 14.8. The second-order valence-corrected chi connectivity index (χ2v) is 4.38. The third-order valence-electron chi connectivity index (χ3n) is 2.75. The van der Waals surface area contributed by atoms with Gasteiger partial charge < -0.3 is 19.2 Å². The Morgan fingerprint density at radius 3 is 2.80 bits per heavy atom. The molecule has 1 aromatic carbocycles. The van der Waals surface area contributed by atoms with Gasteiger partial charge in [0, 0.05) is 17.8 Å². The average molecular weight is 296 g/mol. The molecule has 0 saturated carbocycles. The second kappa shape index (κ2) is 6.34. The number of ether oxygens (including phenoxy) is 2. The Bertz CT molecular complexity index is 609. The normalized spacial score (nSPS) is 10.2. The minimum atomic E-state index is -0.500. The van der Waals surface area contributed by atoms with E-state index in [1.54, 1.807) is 25.3 Å². The molecule has 106 valence electrons. The summed E-state index contributed by atoms with van der Waals surface area (Å²) in [6, 6.07) is 7.06. The largest absolute Gasteiger partial charge is 0.495 e. The van der Waals surface area contributed by atoms with Gasteiger partial charge in [0.25, 0.3) is 0 Å². The monoisotopic (exact) mass is 295 g/mol. The van der Waals surface area contributed by atoms with Gasteiger partial charge in [-0.15, -0.1) is 0 Å². The third kappa shape index (κ3) is 3.05. The molecule has 1 aromatic heterocycles. The number of esters is 1. The third-order valence-corrected chi connectivity index (χ3v) is 3.05. The van der Waals surface area contributed by atoms with E-state index in [1.807, 2.05) is 6.07 Å². The molecule has 0 aliphatic heterocycles. The van der Waals surface area contributed by atoms with Gasteiger partial charge in [0.1, 0.15) is 5.75 Å². The zero-order valence-electron chi connectivity index (χ0n) is 11.1. The van der Waals surface area contributed by atoms with E-state index in [9.17, 15) is 4.79 Å². The van der Waals surface area contributed by atoms with E-state index in [-0.39, 0.29) is 5.76 Å². The molecule has 5 nitrogen and oxygen atoms in total. The van der Waals surface area contributed by atoms with E-state index in [0.717, 1.165) is 5.69 Å². The molecule has 1 N–H and O–H groups in total. The molecule has 0 fully saturated rings. The smallest absolute Gasteiger partial charge is 0.374 e. The Morgan fingerprint density at radius 1 is 1.35 bits per heavy atom. The van der Waals surface area contributed by atoms with E-state index in [4.69, 9.17) is 20.8 Å². The molecule has 2 rings (SSSR count). The summed E-state index contributed by atoms with van der Waals surface area (Å²) in [6.07, 6.45) is 1.45. The molecule has 0 saturated heterocycles. The molecule has 0 aliphatic carbocycles. The van der Waals surface area contributed by atoms with Gasteiger partial charge in [0.15, 0.2) is 0 Å². The quantitative estimate of drug-likeness (QED) is 0.857.